The fraction of sp³-hybridized carbons (Fsp3) is 0.375. The predicted molar refractivity (Wildman–Crippen MR) is 89.0 cm³/mol. The van der Waals surface area contributed by atoms with Gasteiger partial charge in [0.2, 0.25) is 0 Å². The molecule has 0 spiro atoms. The molecule has 0 radical (unpaired) electrons. The summed E-state index contributed by atoms with van der Waals surface area (Å²) in [6.07, 6.45) is -1.47. The summed E-state index contributed by atoms with van der Waals surface area (Å²) in [5, 5.41) is 13.6. The number of anilines is 1. The first kappa shape index (κ1) is 18.4. The van der Waals surface area contributed by atoms with Crippen molar-refractivity contribution in [1.29, 1.82) is 0 Å². The average Bonchev–Trinajstić information content (AvgIpc) is 3.35. The standard InChI is InChI=1S/C16H14ClF3N4O2/c1-8-4-5-21-15(22-8)14(9-2-3-9)23-12-7-11(17)10(16(18,19)20)6-13(12)24(25)26/h4-7,9,14,23H,2-3H2,1H3/t14-/m1/s1. The van der Waals surface area contributed by atoms with Gasteiger partial charge >= 0.3 is 6.18 Å². The van der Waals surface area contributed by atoms with E-state index in [0.29, 0.717) is 11.9 Å². The summed E-state index contributed by atoms with van der Waals surface area (Å²) < 4.78 is 39.0. The van der Waals surface area contributed by atoms with Crippen LogP contribution in [0, 0.1) is 23.0 Å². The molecule has 1 aliphatic rings. The number of hydrogen-bond donors (Lipinski definition) is 1. The fourth-order valence-electron chi connectivity index (χ4n) is 2.65. The van der Waals surface area contributed by atoms with Crippen molar-refractivity contribution < 1.29 is 18.1 Å². The number of alkyl halides is 3. The predicted octanol–water partition coefficient (Wildman–Crippen LogP) is 4.93. The second kappa shape index (κ2) is 6.71. The molecule has 10 heteroatoms. The minimum absolute atomic E-state index is 0.0880. The minimum atomic E-state index is -4.78. The molecule has 0 unspecified atom stereocenters. The van der Waals surface area contributed by atoms with Gasteiger partial charge in [-0.05, 0) is 37.8 Å². The molecule has 1 N–H and O–H groups in total. The zero-order chi connectivity index (χ0) is 19.1. The molecule has 26 heavy (non-hydrogen) atoms. The zero-order valence-electron chi connectivity index (χ0n) is 13.5. The van der Waals surface area contributed by atoms with E-state index in [0.717, 1.165) is 24.6 Å². The number of nitrogens with zero attached hydrogens (tertiary/aromatic N) is 3. The van der Waals surface area contributed by atoms with Crippen LogP contribution >= 0.6 is 11.6 Å². The van der Waals surface area contributed by atoms with Gasteiger partial charge in [-0.2, -0.15) is 13.2 Å². The lowest BCUT2D eigenvalue weighted by atomic mass is 10.1. The lowest BCUT2D eigenvalue weighted by Gasteiger charge is -2.19. The smallest absolute Gasteiger partial charge is 0.369 e. The second-order valence-electron chi connectivity index (χ2n) is 6.12. The Balaban J connectivity index is 2.02. The van der Waals surface area contributed by atoms with Crippen molar-refractivity contribution in [2.24, 2.45) is 5.92 Å². The van der Waals surface area contributed by atoms with E-state index in [1.165, 1.54) is 0 Å². The summed E-state index contributed by atoms with van der Waals surface area (Å²) in [5.41, 5.74) is -1.30. The first-order chi connectivity index (χ1) is 12.2. The van der Waals surface area contributed by atoms with Gasteiger partial charge in [0.15, 0.2) is 5.82 Å². The average molecular weight is 387 g/mol. The first-order valence-corrected chi connectivity index (χ1v) is 8.16. The molecule has 1 aromatic carbocycles. The number of benzene rings is 1. The van der Waals surface area contributed by atoms with E-state index in [4.69, 9.17) is 11.6 Å². The number of aryl methyl sites for hydroxylation is 1. The maximum absolute atomic E-state index is 13.0. The Morgan fingerprint density at radius 1 is 1.38 bits per heavy atom. The molecule has 0 bridgehead atoms. The van der Waals surface area contributed by atoms with Crippen LogP contribution < -0.4 is 5.32 Å². The quantitative estimate of drug-likeness (QED) is 0.582. The first-order valence-electron chi connectivity index (χ1n) is 7.78. The maximum Gasteiger partial charge on any atom is 0.418 e. The van der Waals surface area contributed by atoms with E-state index in [-0.39, 0.29) is 11.6 Å². The summed E-state index contributed by atoms with van der Waals surface area (Å²) >= 11 is 5.73. The number of rotatable bonds is 5. The third-order valence-corrected chi connectivity index (χ3v) is 4.40. The third-order valence-electron chi connectivity index (χ3n) is 4.08. The summed E-state index contributed by atoms with van der Waals surface area (Å²) in [6, 6.07) is 2.66. The number of aromatic nitrogens is 2. The summed E-state index contributed by atoms with van der Waals surface area (Å²) in [6.45, 7) is 1.78. The SMILES string of the molecule is Cc1ccnc([C@H](Nc2cc(Cl)c(C(F)(F)F)cc2[N+](=O)[O-])C2CC2)n1. The molecule has 3 rings (SSSR count). The van der Waals surface area contributed by atoms with Gasteiger partial charge < -0.3 is 5.32 Å². The van der Waals surface area contributed by atoms with E-state index in [9.17, 15) is 23.3 Å². The van der Waals surface area contributed by atoms with Crippen molar-refractivity contribution in [3.05, 3.63) is 56.6 Å². The molecule has 1 aromatic heterocycles. The highest BCUT2D eigenvalue weighted by Gasteiger charge is 2.38. The van der Waals surface area contributed by atoms with Crippen LogP contribution in [-0.2, 0) is 6.18 Å². The molecule has 1 aliphatic carbocycles. The summed E-state index contributed by atoms with van der Waals surface area (Å²) in [7, 11) is 0. The van der Waals surface area contributed by atoms with Crippen molar-refractivity contribution in [2.45, 2.75) is 32.0 Å². The Hall–Kier alpha value is -2.42. The van der Waals surface area contributed by atoms with Gasteiger partial charge in [0.25, 0.3) is 5.69 Å². The van der Waals surface area contributed by atoms with Crippen LogP contribution in [0.1, 0.15) is 36.0 Å². The number of halogens is 4. The number of nitro groups is 1. The number of nitro benzene ring substituents is 1. The normalized spacial score (nSPS) is 15.6. The van der Waals surface area contributed by atoms with Gasteiger partial charge in [0, 0.05) is 18.0 Å². The fourth-order valence-corrected chi connectivity index (χ4v) is 2.93. The Kier molecular flexibility index (Phi) is 4.74. The molecular weight excluding hydrogens is 373 g/mol. The lowest BCUT2D eigenvalue weighted by Crippen LogP contribution is -2.18. The van der Waals surface area contributed by atoms with Crippen LogP contribution in [0.3, 0.4) is 0 Å². The van der Waals surface area contributed by atoms with Gasteiger partial charge in [-0.1, -0.05) is 11.6 Å². The highest BCUT2D eigenvalue weighted by molar-refractivity contribution is 6.31. The minimum Gasteiger partial charge on any atom is -0.369 e. The second-order valence-corrected chi connectivity index (χ2v) is 6.53. The van der Waals surface area contributed by atoms with E-state index in [1.54, 1.807) is 19.2 Å². The molecule has 1 heterocycles. The van der Waals surface area contributed by atoms with E-state index >= 15 is 0 Å². The Morgan fingerprint density at radius 2 is 2.08 bits per heavy atom. The summed E-state index contributed by atoms with van der Waals surface area (Å²) in [5.74, 6) is 0.593. The molecular formula is C16H14ClF3N4O2. The molecule has 0 amide bonds. The van der Waals surface area contributed by atoms with Crippen molar-refractivity contribution in [1.82, 2.24) is 9.97 Å². The molecule has 0 aliphatic heterocycles. The Bertz CT molecular complexity index is 856. The van der Waals surface area contributed by atoms with Crippen LogP contribution in [0.25, 0.3) is 0 Å². The molecule has 6 nitrogen and oxygen atoms in total. The maximum atomic E-state index is 13.0. The van der Waals surface area contributed by atoms with Crippen LogP contribution in [0.15, 0.2) is 24.4 Å². The van der Waals surface area contributed by atoms with Gasteiger partial charge in [-0.25, -0.2) is 9.97 Å². The van der Waals surface area contributed by atoms with Gasteiger partial charge in [0.05, 0.1) is 21.6 Å². The number of nitrogens with one attached hydrogen (secondary N) is 1. The van der Waals surface area contributed by atoms with Crippen LogP contribution in [0.5, 0.6) is 0 Å². The lowest BCUT2D eigenvalue weighted by molar-refractivity contribution is -0.384. The van der Waals surface area contributed by atoms with Gasteiger partial charge in [-0.15, -0.1) is 0 Å². The monoisotopic (exact) mass is 386 g/mol. The van der Waals surface area contributed by atoms with E-state index < -0.39 is 33.4 Å². The van der Waals surface area contributed by atoms with Crippen LogP contribution in [0.2, 0.25) is 5.02 Å². The molecule has 1 atom stereocenters. The Morgan fingerprint density at radius 3 is 2.62 bits per heavy atom. The molecule has 2 aromatic rings. The van der Waals surface area contributed by atoms with Crippen molar-refractivity contribution in [3.63, 3.8) is 0 Å². The van der Waals surface area contributed by atoms with E-state index in [1.807, 2.05) is 0 Å². The van der Waals surface area contributed by atoms with Crippen LogP contribution in [-0.4, -0.2) is 14.9 Å². The summed E-state index contributed by atoms with van der Waals surface area (Å²) in [4.78, 5) is 19.0. The zero-order valence-corrected chi connectivity index (χ0v) is 14.3. The van der Waals surface area contributed by atoms with E-state index in [2.05, 4.69) is 15.3 Å². The van der Waals surface area contributed by atoms with Gasteiger partial charge in [-0.3, -0.25) is 10.1 Å². The van der Waals surface area contributed by atoms with Crippen molar-refractivity contribution in [3.8, 4) is 0 Å². The third kappa shape index (κ3) is 3.87. The molecule has 138 valence electrons. The number of hydrogen-bond acceptors (Lipinski definition) is 5. The Labute approximate surface area is 151 Å². The molecule has 1 fully saturated rings. The van der Waals surface area contributed by atoms with Crippen molar-refractivity contribution >= 4 is 23.0 Å². The highest BCUT2D eigenvalue weighted by Crippen LogP contribution is 2.45. The highest BCUT2D eigenvalue weighted by atomic mass is 35.5. The molecule has 1 saturated carbocycles. The van der Waals surface area contributed by atoms with Gasteiger partial charge in [0.1, 0.15) is 5.69 Å². The topological polar surface area (TPSA) is 81.0 Å². The van der Waals surface area contributed by atoms with Crippen LogP contribution in [0.4, 0.5) is 24.5 Å². The van der Waals surface area contributed by atoms with Crippen molar-refractivity contribution in [2.75, 3.05) is 5.32 Å². The largest absolute Gasteiger partial charge is 0.418 e. The molecule has 0 saturated heterocycles.